The second-order valence-electron chi connectivity index (χ2n) is 9.09. The molecule has 0 atom stereocenters. The van der Waals surface area contributed by atoms with Crippen molar-refractivity contribution >= 4 is 27.3 Å². The van der Waals surface area contributed by atoms with Gasteiger partial charge in [-0.1, -0.05) is 23.8 Å². The van der Waals surface area contributed by atoms with E-state index in [1.165, 1.54) is 22.5 Å². The lowest BCUT2D eigenvalue weighted by Gasteiger charge is -2.35. The molecule has 0 spiro atoms. The summed E-state index contributed by atoms with van der Waals surface area (Å²) in [6.07, 6.45) is 1.80. The Balaban J connectivity index is 1.33. The van der Waals surface area contributed by atoms with Gasteiger partial charge in [0.05, 0.1) is 4.90 Å². The Bertz CT molecular complexity index is 1350. The summed E-state index contributed by atoms with van der Waals surface area (Å²) in [7, 11) is -3.75. The van der Waals surface area contributed by atoms with Crippen molar-refractivity contribution in [2.24, 2.45) is 0 Å². The molecule has 2 aliphatic heterocycles. The maximum atomic E-state index is 13.4. The number of nitrogens with zero attached hydrogens (tertiary/aromatic N) is 3. The summed E-state index contributed by atoms with van der Waals surface area (Å²) < 4.78 is 41.5. The van der Waals surface area contributed by atoms with Crippen molar-refractivity contribution in [3.63, 3.8) is 0 Å². The lowest BCUT2D eigenvalue weighted by atomic mass is 9.99. The number of benzene rings is 3. The van der Waals surface area contributed by atoms with Crippen LogP contribution in [0.5, 0.6) is 0 Å². The molecule has 0 aromatic heterocycles. The molecule has 6 nitrogen and oxygen atoms in total. The van der Waals surface area contributed by atoms with E-state index >= 15 is 0 Å². The van der Waals surface area contributed by atoms with Gasteiger partial charge in [0, 0.05) is 49.7 Å². The van der Waals surface area contributed by atoms with Gasteiger partial charge in [-0.3, -0.25) is 4.79 Å². The second kappa shape index (κ2) is 9.43. The molecule has 2 heterocycles. The molecule has 0 bridgehead atoms. The predicted octanol–water partition coefficient (Wildman–Crippen LogP) is 4.24. The van der Waals surface area contributed by atoms with Gasteiger partial charge >= 0.3 is 0 Å². The van der Waals surface area contributed by atoms with Gasteiger partial charge < -0.3 is 9.80 Å². The monoisotopic (exact) mass is 493 g/mol. The third-order valence-corrected chi connectivity index (χ3v) is 8.64. The van der Waals surface area contributed by atoms with E-state index in [0.29, 0.717) is 38.3 Å². The van der Waals surface area contributed by atoms with Crippen LogP contribution in [0.2, 0.25) is 0 Å². The van der Waals surface area contributed by atoms with Crippen molar-refractivity contribution in [2.45, 2.75) is 24.7 Å². The molecule has 0 N–H and O–H groups in total. The molecule has 1 fully saturated rings. The number of fused-ring (bicyclic) bond motifs is 1. The Labute approximate surface area is 205 Å². The van der Waals surface area contributed by atoms with Crippen LogP contribution in [0.25, 0.3) is 0 Å². The highest BCUT2D eigenvalue weighted by Crippen LogP contribution is 2.30. The number of rotatable bonds is 4. The Morgan fingerprint density at radius 1 is 0.886 bits per heavy atom. The maximum Gasteiger partial charge on any atom is 0.258 e. The standard InChI is InChI=1S/C27H28FN3O3S/c1-20-7-12-26-21(18-20)5-3-13-31(26)27(32)22-4-2-6-25(19-22)35(33,34)30-16-14-29(15-17-30)24-10-8-23(28)9-11-24/h2,4,6-12,18-19H,3,5,13-17H2,1H3. The van der Waals surface area contributed by atoms with Gasteiger partial charge in [-0.25, -0.2) is 12.8 Å². The molecule has 182 valence electrons. The van der Waals surface area contributed by atoms with Gasteiger partial charge in [0.15, 0.2) is 0 Å². The minimum atomic E-state index is -3.75. The molecule has 8 heteroatoms. The number of anilines is 2. The normalized spacial score (nSPS) is 16.7. The molecule has 0 aliphatic carbocycles. The van der Waals surface area contributed by atoms with Crippen molar-refractivity contribution in [3.8, 4) is 0 Å². The number of amides is 1. The highest BCUT2D eigenvalue weighted by Gasteiger charge is 2.30. The van der Waals surface area contributed by atoms with Gasteiger partial charge in [-0.2, -0.15) is 4.31 Å². The second-order valence-corrected chi connectivity index (χ2v) is 11.0. The molecule has 0 unspecified atom stereocenters. The molecular formula is C27H28FN3O3S. The van der Waals surface area contributed by atoms with Gasteiger partial charge in [-0.15, -0.1) is 0 Å². The molecule has 5 rings (SSSR count). The van der Waals surface area contributed by atoms with Crippen molar-refractivity contribution in [2.75, 3.05) is 42.5 Å². The first-order valence-corrected chi connectivity index (χ1v) is 13.3. The highest BCUT2D eigenvalue weighted by atomic mass is 32.2. The van der Waals surface area contributed by atoms with E-state index < -0.39 is 10.0 Å². The first-order valence-electron chi connectivity index (χ1n) is 11.8. The first-order chi connectivity index (χ1) is 16.8. The molecule has 35 heavy (non-hydrogen) atoms. The third-order valence-electron chi connectivity index (χ3n) is 6.75. The van der Waals surface area contributed by atoms with Crippen LogP contribution in [-0.4, -0.2) is 51.4 Å². The molecule has 2 aliphatic rings. The molecule has 3 aromatic carbocycles. The highest BCUT2D eigenvalue weighted by molar-refractivity contribution is 7.89. The number of hydrogen-bond acceptors (Lipinski definition) is 4. The van der Waals surface area contributed by atoms with Crippen molar-refractivity contribution in [3.05, 3.63) is 89.2 Å². The van der Waals surface area contributed by atoms with Crippen LogP contribution in [0.1, 0.15) is 27.9 Å². The summed E-state index contributed by atoms with van der Waals surface area (Å²) in [4.78, 5) is 17.3. The van der Waals surface area contributed by atoms with E-state index in [4.69, 9.17) is 0 Å². The van der Waals surface area contributed by atoms with Gasteiger partial charge in [0.2, 0.25) is 10.0 Å². The Hall–Kier alpha value is -3.23. The van der Waals surface area contributed by atoms with Crippen LogP contribution >= 0.6 is 0 Å². The zero-order chi connectivity index (χ0) is 24.6. The van der Waals surface area contributed by atoms with Crippen molar-refractivity contribution in [1.29, 1.82) is 0 Å². The summed E-state index contributed by atoms with van der Waals surface area (Å²) in [6.45, 7) is 4.29. The van der Waals surface area contributed by atoms with Crippen molar-refractivity contribution < 1.29 is 17.6 Å². The van der Waals surface area contributed by atoms with E-state index in [2.05, 4.69) is 6.07 Å². The summed E-state index contributed by atoms with van der Waals surface area (Å²) in [5, 5.41) is 0. The number of sulfonamides is 1. The largest absolute Gasteiger partial charge is 0.369 e. The lowest BCUT2D eigenvalue weighted by molar-refractivity contribution is 0.0985. The first kappa shape index (κ1) is 23.5. The van der Waals surface area contributed by atoms with Crippen molar-refractivity contribution in [1.82, 2.24) is 4.31 Å². The molecule has 0 saturated carbocycles. The van der Waals surface area contributed by atoms with E-state index in [1.807, 2.05) is 24.0 Å². The van der Waals surface area contributed by atoms with Gasteiger partial charge in [-0.05, 0) is 73.9 Å². The van der Waals surface area contributed by atoms with Gasteiger partial charge in [0.25, 0.3) is 5.91 Å². The fourth-order valence-corrected chi connectivity index (χ4v) is 6.34. The van der Waals surface area contributed by atoms with Crippen LogP contribution in [0.15, 0.2) is 71.6 Å². The summed E-state index contributed by atoms with van der Waals surface area (Å²) >= 11 is 0. The minimum absolute atomic E-state index is 0.125. The summed E-state index contributed by atoms with van der Waals surface area (Å²) in [5.74, 6) is -0.486. The number of carbonyl (C=O) groups excluding carboxylic acids is 1. The maximum absolute atomic E-state index is 13.4. The SMILES string of the molecule is Cc1ccc2c(c1)CCCN2C(=O)c1cccc(S(=O)(=O)N2CCN(c3ccc(F)cc3)CC2)c1. The number of hydrogen-bond donors (Lipinski definition) is 0. The molecule has 1 amide bonds. The number of carbonyl (C=O) groups is 1. The Morgan fingerprint density at radius 3 is 2.37 bits per heavy atom. The molecule has 1 saturated heterocycles. The van der Waals surface area contributed by atoms with Crippen LogP contribution in [-0.2, 0) is 16.4 Å². The van der Waals surface area contributed by atoms with Crippen LogP contribution in [0.4, 0.5) is 15.8 Å². The lowest BCUT2D eigenvalue weighted by Crippen LogP contribution is -2.48. The van der Waals surface area contributed by atoms with E-state index in [1.54, 1.807) is 35.2 Å². The van der Waals surface area contributed by atoms with Crippen LogP contribution in [0.3, 0.4) is 0 Å². The average molecular weight is 494 g/mol. The quantitative estimate of drug-likeness (QED) is 0.546. The zero-order valence-corrected chi connectivity index (χ0v) is 20.5. The molecule has 0 radical (unpaired) electrons. The number of halogens is 1. The smallest absolute Gasteiger partial charge is 0.258 e. The number of aryl methyl sites for hydroxylation is 2. The average Bonchev–Trinajstić information content (AvgIpc) is 2.88. The third kappa shape index (κ3) is 4.68. The zero-order valence-electron chi connectivity index (χ0n) is 19.7. The summed E-state index contributed by atoms with van der Waals surface area (Å²) in [5.41, 5.74) is 4.44. The van der Waals surface area contributed by atoms with E-state index in [0.717, 1.165) is 35.3 Å². The van der Waals surface area contributed by atoms with E-state index in [9.17, 15) is 17.6 Å². The van der Waals surface area contributed by atoms with E-state index in [-0.39, 0.29) is 16.6 Å². The fraction of sp³-hybridized carbons (Fsp3) is 0.296. The number of piperazine rings is 1. The van der Waals surface area contributed by atoms with Gasteiger partial charge in [0.1, 0.15) is 5.82 Å². The molecule has 3 aromatic rings. The Kier molecular flexibility index (Phi) is 6.34. The Morgan fingerprint density at radius 2 is 1.63 bits per heavy atom. The van der Waals surface area contributed by atoms with Crippen LogP contribution in [0, 0.1) is 12.7 Å². The fourth-order valence-electron chi connectivity index (χ4n) is 4.87. The van der Waals surface area contributed by atoms with Crippen LogP contribution < -0.4 is 9.80 Å². The minimum Gasteiger partial charge on any atom is -0.369 e. The summed E-state index contributed by atoms with van der Waals surface area (Å²) in [6, 6.07) is 18.7. The topological polar surface area (TPSA) is 60.9 Å². The predicted molar refractivity (Wildman–Crippen MR) is 135 cm³/mol. The molecular weight excluding hydrogens is 465 g/mol.